The van der Waals surface area contributed by atoms with Gasteiger partial charge < -0.3 is 25.0 Å². The molecule has 0 amide bonds. The van der Waals surface area contributed by atoms with Crippen LogP contribution in [0.1, 0.15) is 5.56 Å². The molecule has 0 heterocycles. The Kier molecular flexibility index (Phi) is 8.46. The smallest absolute Gasteiger partial charge is 0.333 e. The normalized spacial score (nSPS) is 11.1. The predicted octanol–water partition coefficient (Wildman–Crippen LogP) is 3.11. The molecule has 0 aliphatic carbocycles. The van der Waals surface area contributed by atoms with Crippen LogP contribution in [0.3, 0.4) is 0 Å². The fourth-order valence-corrected chi connectivity index (χ4v) is 2.55. The van der Waals surface area contributed by atoms with Gasteiger partial charge in [0.2, 0.25) is 0 Å². The first-order chi connectivity index (χ1) is 9.19. The van der Waals surface area contributed by atoms with Crippen molar-refractivity contribution in [3.63, 3.8) is 0 Å². The first-order valence-corrected chi connectivity index (χ1v) is 7.79. The number of hydrogen-bond donors (Lipinski definition) is 2. The van der Waals surface area contributed by atoms with E-state index in [4.69, 9.17) is 48.2 Å². The Balaban J connectivity index is 2.54. The number of halogens is 2. The van der Waals surface area contributed by atoms with Gasteiger partial charge in [0.05, 0.1) is 19.8 Å². The molecule has 1 rings (SSSR count). The predicted molar refractivity (Wildman–Crippen MR) is 80.3 cm³/mol. The lowest BCUT2D eigenvalue weighted by atomic mass is 10.1. The number of benzene rings is 1. The fourth-order valence-electron chi connectivity index (χ4n) is 1.24. The Morgan fingerprint density at radius 2 is 1.47 bits per heavy atom. The number of nitrogens with two attached hydrogens (primary N) is 2. The minimum atomic E-state index is -1.50. The summed E-state index contributed by atoms with van der Waals surface area (Å²) in [5, 5.41) is 0. The lowest BCUT2D eigenvalue weighted by molar-refractivity contribution is 0.166. The Morgan fingerprint density at radius 1 is 0.947 bits per heavy atom. The highest BCUT2D eigenvalue weighted by Gasteiger charge is 2.14. The number of alkyl halides is 2. The molecule has 8 heteroatoms. The third-order valence-corrected chi connectivity index (χ3v) is 3.55. The van der Waals surface area contributed by atoms with Crippen LogP contribution in [-0.4, -0.2) is 25.0 Å². The molecule has 19 heavy (non-hydrogen) atoms. The van der Waals surface area contributed by atoms with Gasteiger partial charge in [0, 0.05) is 28.7 Å². The highest BCUT2D eigenvalue weighted by Crippen LogP contribution is 2.41. The zero-order valence-electron chi connectivity index (χ0n) is 10.4. The largest absolute Gasteiger partial charge is 0.398 e. The number of anilines is 2. The van der Waals surface area contributed by atoms with Gasteiger partial charge in [0.1, 0.15) is 0 Å². The highest BCUT2D eigenvalue weighted by atomic mass is 35.5. The van der Waals surface area contributed by atoms with Crippen LogP contribution in [0.15, 0.2) is 18.2 Å². The molecule has 0 spiro atoms. The first-order valence-electron chi connectivity index (χ1n) is 5.62. The number of rotatable bonds is 9. The molecule has 0 saturated heterocycles. The SMILES string of the molecule is Nc1cccc(N)c1COP(OCCCl)OCCCl. The molecule has 0 saturated carbocycles. The van der Waals surface area contributed by atoms with Crippen molar-refractivity contribution < 1.29 is 13.6 Å². The van der Waals surface area contributed by atoms with Crippen molar-refractivity contribution in [2.45, 2.75) is 6.61 Å². The monoisotopic (exact) mass is 326 g/mol. The van der Waals surface area contributed by atoms with E-state index in [1.807, 2.05) is 0 Å². The van der Waals surface area contributed by atoms with Crippen LogP contribution in [-0.2, 0) is 20.2 Å². The summed E-state index contributed by atoms with van der Waals surface area (Å²) in [6.45, 7) is 0.902. The van der Waals surface area contributed by atoms with Crippen molar-refractivity contribution >= 4 is 43.2 Å². The molecule has 0 aromatic heterocycles. The zero-order chi connectivity index (χ0) is 14.1. The minimum absolute atomic E-state index is 0.217. The second-order valence-corrected chi connectivity index (χ2v) is 5.43. The average molecular weight is 327 g/mol. The van der Waals surface area contributed by atoms with Gasteiger partial charge in [0.15, 0.2) is 0 Å². The molecule has 1 aromatic rings. The van der Waals surface area contributed by atoms with Gasteiger partial charge in [-0.25, -0.2) is 0 Å². The molecule has 0 unspecified atom stereocenters. The Hall–Kier alpha value is -0.290. The van der Waals surface area contributed by atoms with E-state index in [-0.39, 0.29) is 6.61 Å². The van der Waals surface area contributed by atoms with Gasteiger partial charge in [-0.3, -0.25) is 0 Å². The number of hydrogen-bond acceptors (Lipinski definition) is 5. The van der Waals surface area contributed by atoms with Crippen molar-refractivity contribution in [2.24, 2.45) is 0 Å². The molecule has 0 radical (unpaired) electrons. The highest BCUT2D eigenvalue weighted by molar-refractivity contribution is 7.41. The molecule has 0 aliphatic heterocycles. The van der Waals surface area contributed by atoms with Crippen molar-refractivity contribution in [3.05, 3.63) is 23.8 Å². The van der Waals surface area contributed by atoms with Gasteiger partial charge >= 0.3 is 8.60 Å². The van der Waals surface area contributed by atoms with Crippen LogP contribution in [0.4, 0.5) is 11.4 Å². The second kappa shape index (κ2) is 9.59. The Bertz CT molecular complexity index is 357. The zero-order valence-corrected chi connectivity index (χ0v) is 12.8. The lowest BCUT2D eigenvalue weighted by Gasteiger charge is -2.17. The molecule has 5 nitrogen and oxygen atoms in total. The summed E-state index contributed by atoms with van der Waals surface area (Å²) >= 11 is 11.1. The molecular weight excluding hydrogens is 310 g/mol. The van der Waals surface area contributed by atoms with Crippen molar-refractivity contribution in [3.8, 4) is 0 Å². The lowest BCUT2D eigenvalue weighted by Crippen LogP contribution is -2.04. The topological polar surface area (TPSA) is 79.7 Å². The molecule has 0 bridgehead atoms. The molecule has 4 N–H and O–H groups in total. The van der Waals surface area contributed by atoms with E-state index in [0.717, 1.165) is 5.56 Å². The van der Waals surface area contributed by atoms with E-state index in [0.29, 0.717) is 36.3 Å². The van der Waals surface area contributed by atoms with Crippen molar-refractivity contribution in [1.82, 2.24) is 0 Å². The molecule has 0 fully saturated rings. The summed E-state index contributed by atoms with van der Waals surface area (Å²) in [5.41, 5.74) is 13.5. The van der Waals surface area contributed by atoms with E-state index in [9.17, 15) is 0 Å². The van der Waals surface area contributed by atoms with Crippen molar-refractivity contribution in [2.75, 3.05) is 36.4 Å². The van der Waals surface area contributed by atoms with Gasteiger partial charge in [-0.1, -0.05) is 6.07 Å². The summed E-state index contributed by atoms with van der Waals surface area (Å²) in [4.78, 5) is 0. The fraction of sp³-hybridized carbons (Fsp3) is 0.455. The van der Waals surface area contributed by atoms with Crippen LogP contribution >= 0.6 is 31.8 Å². The molecule has 108 valence electrons. The summed E-state index contributed by atoms with van der Waals surface area (Å²) in [6, 6.07) is 5.30. The molecular formula is C11H17Cl2N2O3P. The quantitative estimate of drug-likeness (QED) is 0.414. The van der Waals surface area contributed by atoms with Gasteiger partial charge in [-0.2, -0.15) is 0 Å². The van der Waals surface area contributed by atoms with E-state index >= 15 is 0 Å². The van der Waals surface area contributed by atoms with E-state index in [2.05, 4.69) is 0 Å². The van der Waals surface area contributed by atoms with E-state index < -0.39 is 8.60 Å². The maximum atomic E-state index is 5.83. The standard InChI is InChI=1S/C11H17Cl2N2O3P/c12-4-6-16-19(17-7-5-13)18-8-9-10(14)2-1-3-11(9)15/h1-3H,4-8,14-15H2. The first kappa shape index (κ1) is 16.8. The van der Waals surface area contributed by atoms with Gasteiger partial charge in [0.25, 0.3) is 0 Å². The van der Waals surface area contributed by atoms with Crippen LogP contribution in [0.25, 0.3) is 0 Å². The van der Waals surface area contributed by atoms with Crippen LogP contribution in [0, 0.1) is 0 Å². The maximum absolute atomic E-state index is 5.83. The Labute approximate surface area is 124 Å². The molecule has 1 aromatic carbocycles. The molecule has 0 aliphatic rings. The van der Waals surface area contributed by atoms with E-state index in [1.54, 1.807) is 18.2 Å². The number of nitrogen functional groups attached to an aromatic ring is 2. The summed E-state index contributed by atoms with van der Waals surface area (Å²) < 4.78 is 16.2. The molecule has 0 atom stereocenters. The minimum Gasteiger partial charge on any atom is -0.398 e. The third-order valence-electron chi connectivity index (χ3n) is 2.11. The summed E-state index contributed by atoms with van der Waals surface area (Å²) in [7, 11) is -1.50. The Morgan fingerprint density at radius 3 is 1.95 bits per heavy atom. The summed E-state index contributed by atoms with van der Waals surface area (Å²) in [6.07, 6.45) is 0. The second-order valence-electron chi connectivity index (χ2n) is 3.46. The van der Waals surface area contributed by atoms with Gasteiger partial charge in [-0.15, -0.1) is 23.2 Å². The third kappa shape index (κ3) is 6.13. The van der Waals surface area contributed by atoms with Crippen LogP contribution in [0.5, 0.6) is 0 Å². The van der Waals surface area contributed by atoms with Crippen LogP contribution in [0.2, 0.25) is 0 Å². The van der Waals surface area contributed by atoms with Crippen molar-refractivity contribution in [1.29, 1.82) is 0 Å². The van der Waals surface area contributed by atoms with Crippen LogP contribution < -0.4 is 11.5 Å². The van der Waals surface area contributed by atoms with E-state index in [1.165, 1.54) is 0 Å². The summed E-state index contributed by atoms with van der Waals surface area (Å²) in [5.74, 6) is 0.726. The maximum Gasteiger partial charge on any atom is 0.333 e. The average Bonchev–Trinajstić information content (AvgIpc) is 2.40. The van der Waals surface area contributed by atoms with Gasteiger partial charge in [-0.05, 0) is 12.1 Å².